The van der Waals surface area contributed by atoms with Gasteiger partial charge in [0.05, 0.1) is 27.4 Å². The zero-order valence-electron chi connectivity index (χ0n) is 15.2. The Morgan fingerprint density at radius 1 is 1.19 bits per heavy atom. The van der Waals surface area contributed by atoms with Gasteiger partial charge in [0.15, 0.2) is 0 Å². The summed E-state index contributed by atoms with van der Waals surface area (Å²) in [5.74, 6) is -1.48. The standard InChI is InChI=1S/C18H23F2N3O2S/c1-17(2,3)26(25)23-18(4,14-6-5-13(19)7-15(14)20)8-16(24)12-9-21-11-22-10-12/h5-7,9-11,16,23-24H,8H2,1-4H3/t16-,18+,26+/m1/s1. The third kappa shape index (κ3) is 4.90. The molecule has 0 fully saturated rings. The van der Waals surface area contributed by atoms with Crippen LogP contribution in [0.1, 0.15) is 51.3 Å². The molecule has 0 saturated heterocycles. The van der Waals surface area contributed by atoms with Crippen LogP contribution >= 0.6 is 0 Å². The van der Waals surface area contributed by atoms with Gasteiger partial charge in [-0.3, -0.25) is 0 Å². The average Bonchev–Trinajstić information content (AvgIpc) is 2.54. The van der Waals surface area contributed by atoms with E-state index in [2.05, 4.69) is 14.7 Å². The number of nitrogens with one attached hydrogen (secondary N) is 1. The summed E-state index contributed by atoms with van der Waals surface area (Å²) in [6.07, 6.45) is 3.21. The van der Waals surface area contributed by atoms with Crippen molar-refractivity contribution in [3.8, 4) is 0 Å². The van der Waals surface area contributed by atoms with E-state index >= 15 is 0 Å². The van der Waals surface area contributed by atoms with Crippen LogP contribution in [0.4, 0.5) is 8.78 Å². The number of benzene rings is 1. The lowest BCUT2D eigenvalue weighted by Gasteiger charge is -2.35. The van der Waals surface area contributed by atoms with Crippen molar-refractivity contribution in [2.24, 2.45) is 0 Å². The molecular formula is C18H23F2N3O2S. The second-order valence-electron chi connectivity index (χ2n) is 7.33. The minimum atomic E-state index is -1.55. The lowest BCUT2D eigenvalue weighted by molar-refractivity contribution is 0.130. The molecule has 0 aliphatic carbocycles. The number of hydrogen-bond acceptors (Lipinski definition) is 4. The fraction of sp³-hybridized carbons (Fsp3) is 0.444. The lowest BCUT2D eigenvalue weighted by Crippen LogP contribution is -2.47. The van der Waals surface area contributed by atoms with Crippen molar-refractivity contribution in [1.29, 1.82) is 0 Å². The lowest BCUT2D eigenvalue weighted by atomic mass is 9.85. The number of halogens is 2. The summed E-state index contributed by atoms with van der Waals surface area (Å²) in [5, 5.41) is 10.6. The maximum absolute atomic E-state index is 14.5. The highest BCUT2D eigenvalue weighted by atomic mass is 32.2. The van der Waals surface area contributed by atoms with E-state index in [4.69, 9.17) is 0 Å². The Morgan fingerprint density at radius 3 is 2.35 bits per heavy atom. The third-order valence-corrected chi connectivity index (χ3v) is 5.71. The van der Waals surface area contributed by atoms with E-state index in [9.17, 15) is 18.1 Å². The van der Waals surface area contributed by atoms with Crippen molar-refractivity contribution in [2.45, 2.75) is 50.5 Å². The number of aliphatic hydroxyl groups is 1. The molecule has 1 aromatic carbocycles. The topological polar surface area (TPSA) is 75.1 Å². The predicted molar refractivity (Wildman–Crippen MR) is 96.3 cm³/mol. The quantitative estimate of drug-likeness (QED) is 0.804. The molecule has 2 rings (SSSR count). The molecule has 1 heterocycles. The van der Waals surface area contributed by atoms with Crippen molar-refractivity contribution in [3.63, 3.8) is 0 Å². The van der Waals surface area contributed by atoms with E-state index in [1.165, 1.54) is 24.8 Å². The van der Waals surface area contributed by atoms with Crippen molar-refractivity contribution < 1.29 is 18.1 Å². The van der Waals surface area contributed by atoms with E-state index in [1.54, 1.807) is 27.7 Å². The smallest absolute Gasteiger partial charge is 0.131 e. The maximum Gasteiger partial charge on any atom is 0.131 e. The van der Waals surface area contributed by atoms with E-state index in [0.29, 0.717) is 5.56 Å². The van der Waals surface area contributed by atoms with Gasteiger partial charge in [0.1, 0.15) is 18.0 Å². The Labute approximate surface area is 154 Å². The van der Waals surface area contributed by atoms with Gasteiger partial charge in [0.2, 0.25) is 0 Å². The van der Waals surface area contributed by atoms with Crippen LogP contribution < -0.4 is 4.72 Å². The second-order valence-corrected chi connectivity index (χ2v) is 9.30. The normalized spacial score (nSPS) is 16.7. The van der Waals surface area contributed by atoms with Gasteiger partial charge in [-0.05, 0) is 33.8 Å². The SMILES string of the molecule is CC(C)(C)[S@](=O)N[C@@](C)(C[C@@H](O)c1cncnc1)c1ccc(F)cc1F. The first-order chi connectivity index (χ1) is 12.0. The maximum atomic E-state index is 14.5. The zero-order chi connectivity index (χ0) is 19.5. The summed E-state index contributed by atoms with van der Waals surface area (Å²) in [4.78, 5) is 7.73. The third-order valence-electron chi connectivity index (χ3n) is 3.97. The van der Waals surface area contributed by atoms with Crippen molar-refractivity contribution in [3.05, 3.63) is 59.7 Å². The molecule has 0 spiro atoms. The summed E-state index contributed by atoms with van der Waals surface area (Å²) in [6, 6.07) is 3.20. The van der Waals surface area contributed by atoms with Gasteiger partial charge < -0.3 is 5.11 Å². The van der Waals surface area contributed by atoms with Crippen LogP contribution in [-0.2, 0) is 16.5 Å². The van der Waals surface area contributed by atoms with E-state index in [1.807, 2.05) is 0 Å². The van der Waals surface area contributed by atoms with Gasteiger partial charge in [0, 0.05) is 36.0 Å². The average molecular weight is 383 g/mol. The molecule has 0 unspecified atom stereocenters. The molecule has 0 radical (unpaired) electrons. The van der Waals surface area contributed by atoms with Gasteiger partial charge in [0.25, 0.3) is 0 Å². The largest absolute Gasteiger partial charge is 0.388 e. The number of aliphatic hydroxyl groups excluding tert-OH is 1. The molecule has 0 saturated carbocycles. The van der Waals surface area contributed by atoms with Crippen molar-refractivity contribution >= 4 is 11.0 Å². The summed E-state index contributed by atoms with van der Waals surface area (Å²) >= 11 is 0. The molecule has 5 nitrogen and oxygen atoms in total. The molecule has 26 heavy (non-hydrogen) atoms. The van der Waals surface area contributed by atoms with Crippen LogP contribution in [0, 0.1) is 11.6 Å². The van der Waals surface area contributed by atoms with E-state index < -0.39 is 39.0 Å². The van der Waals surface area contributed by atoms with Crippen LogP contribution in [0.2, 0.25) is 0 Å². The van der Waals surface area contributed by atoms with Crippen LogP contribution in [0.25, 0.3) is 0 Å². The number of hydrogen-bond donors (Lipinski definition) is 2. The van der Waals surface area contributed by atoms with Gasteiger partial charge in [-0.15, -0.1) is 0 Å². The molecule has 3 atom stereocenters. The number of nitrogens with zero attached hydrogens (tertiary/aromatic N) is 2. The van der Waals surface area contributed by atoms with Gasteiger partial charge in [-0.2, -0.15) is 0 Å². The Hall–Kier alpha value is -1.77. The van der Waals surface area contributed by atoms with Crippen molar-refractivity contribution in [1.82, 2.24) is 14.7 Å². The molecule has 1 aromatic heterocycles. The first kappa shape index (κ1) is 20.5. The first-order valence-electron chi connectivity index (χ1n) is 8.11. The minimum absolute atomic E-state index is 0.00918. The highest BCUT2D eigenvalue weighted by Gasteiger charge is 2.36. The minimum Gasteiger partial charge on any atom is -0.388 e. The molecule has 0 amide bonds. The molecule has 2 aromatic rings. The molecule has 142 valence electrons. The molecule has 0 aliphatic rings. The Kier molecular flexibility index (Phi) is 6.21. The molecular weight excluding hydrogens is 360 g/mol. The van der Waals surface area contributed by atoms with Crippen LogP contribution in [0.3, 0.4) is 0 Å². The molecule has 2 N–H and O–H groups in total. The monoisotopic (exact) mass is 383 g/mol. The van der Waals surface area contributed by atoms with Gasteiger partial charge in [-0.25, -0.2) is 27.7 Å². The fourth-order valence-corrected chi connectivity index (χ4v) is 3.40. The highest BCUT2D eigenvalue weighted by Crippen LogP contribution is 2.34. The van der Waals surface area contributed by atoms with Crippen molar-refractivity contribution in [2.75, 3.05) is 0 Å². The highest BCUT2D eigenvalue weighted by molar-refractivity contribution is 7.84. The van der Waals surface area contributed by atoms with Crippen LogP contribution in [0.5, 0.6) is 0 Å². The molecule has 0 bridgehead atoms. The summed E-state index contributed by atoms with van der Waals surface area (Å²) in [7, 11) is -1.55. The second kappa shape index (κ2) is 7.85. The Morgan fingerprint density at radius 2 is 1.81 bits per heavy atom. The van der Waals surface area contributed by atoms with E-state index in [0.717, 1.165) is 12.1 Å². The van der Waals surface area contributed by atoms with E-state index in [-0.39, 0.29) is 12.0 Å². The van der Waals surface area contributed by atoms with Gasteiger partial charge in [-0.1, -0.05) is 6.07 Å². The first-order valence-corrected chi connectivity index (χ1v) is 9.26. The molecule has 8 heteroatoms. The number of rotatable bonds is 6. The Bertz CT molecular complexity index is 784. The summed E-state index contributed by atoms with van der Waals surface area (Å²) in [5.41, 5.74) is -0.650. The Balaban J connectivity index is 2.42. The van der Waals surface area contributed by atoms with Gasteiger partial charge >= 0.3 is 0 Å². The summed E-state index contributed by atoms with van der Waals surface area (Å²) < 4.78 is 42.7. The van der Waals surface area contributed by atoms with Crippen LogP contribution in [-0.4, -0.2) is 24.0 Å². The molecule has 0 aliphatic heterocycles. The number of aromatic nitrogens is 2. The van der Waals surface area contributed by atoms with Crippen LogP contribution in [0.15, 0.2) is 36.9 Å². The predicted octanol–water partition coefficient (Wildman–Crippen LogP) is 3.15. The zero-order valence-corrected chi connectivity index (χ0v) is 16.0. The summed E-state index contributed by atoms with van der Waals surface area (Å²) in [6.45, 7) is 6.96. The fourth-order valence-electron chi connectivity index (χ4n) is 2.49.